The molecule has 2 heterocycles. The zero-order valence-corrected chi connectivity index (χ0v) is 5.61. The molecular weight excluding hydrogens is 140 g/mol. The number of rotatable bonds is 0. The predicted molar refractivity (Wildman–Crippen MR) is 38.7 cm³/mol. The summed E-state index contributed by atoms with van der Waals surface area (Å²) in [7, 11) is 0. The molecule has 0 amide bonds. The maximum Gasteiger partial charge on any atom is 0.183 e. The van der Waals surface area contributed by atoms with Gasteiger partial charge in [0.05, 0.1) is 6.26 Å². The molecule has 0 spiro atoms. The Bertz CT molecular complexity index is 425. The van der Waals surface area contributed by atoms with Crippen molar-refractivity contribution in [1.29, 1.82) is 5.26 Å². The van der Waals surface area contributed by atoms with E-state index in [4.69, 9.17) is 9.68 Å². The van der Waals surface area contributed by atoms with Crippen LogP contribution in [0.2, 0.25) is 0 Å². The van der Waals surface area contributed by atoms with Gasteiger partial charge in [-0.2, -0.15) is 5.26 Å². The second kappa shape index (κ2) is 2.10. The maximum atomic E-state index is 8.58. The lowest BCUT2D eigenvalue weighted by molar-refractivity contribution is 0.613. The van der Waals surface area contributed by atoms with Crippen molar-refractivity contribution in [1.82, 2.24) is 4.98 Å². The fourth-order valence-corrected chi connectivity index (χ4v) is 0.973. The molecule has 11 heavy (non-hydrogen) atoms. The molecule has 3 nitrogen and oxygen atoms in total. The smallest absolute Gasteiger partial charge is 0.183 e. The third-order valence-electron chi connectivity index (χ3n) is 1.47. The topological polar surface area (TPSA) is 49.8 Å². The first-order valence-electron chi connectivity index (χ1n) is 3.14. The van der Waals surface area contributed by atoms with Crippen molar-refractivity contribution < 1.29 is 4.42 Å². The summed E-state index contributed by atoms with van der Waals surface area (Å²) in [5, 5.41) is 9.49. The van der Waals surface area contributed by atoms with Crippen molar-refractivity contribution in [3.8, 4) is 6.07 Å². The van der Waals surface area contributed by atoms with E-state index in [1.807, 2.05) is 6.07 Å². The number of hydrogen-bond donors (Lipinski definition) is 0. The van der Waals surface area contributed by atoms with Crippen molar-refractivity contribution in [2.75, 3.05) is 0 Å². The van der Waals surface area contributed by atoms with Crippen molar-refractivity contribution in [2.45, 2.75) is 0 Å². The van der Waals surface area contributed by atoms with Gasteiger partial charge in [0.2, 0.25) is 0 Å². The van der Waals surface area contributed by atoms with Crippen molar-refractivity contribution in [3.63, 3.8) is 0 Å². The summed E-state index contributed by atoms with van der Waals surface area (Å²) < 4.78 is 5.05. The van der Waals surface area contributed by atoms with Crippen molar-refractivity contribution in [2.24, 2.45) is 0 Å². The van der Waals surface area contributed by atoms with Gasteiger partial charge in [-0.25, -0.2) is 4.98 Å². The highest BCUT2D eigenvalue weighted by Gasteiger charge is 2.02. The van der Waals surface area contributed by atoms with Gasteiger partial charge in [0.25, 0.3) is 0 Å². The number of aromatic nitrogens is 1. The molecule has 0 fully saturated rings. The zero-order chi connectivity index (χ0) is 7.68. The summed E-state index contributed by atoms with van der Waals surface area (Å²) in [6, 6.07) is 5.56. The minimum absolute atomic E-state index is 0.340. The Kier molecular flexibility index (Phi) is 1.13. The molecule has 2 aromatic rings. The van der Waals surface area contributed by atoms with Gasteiger partial charge in [-0.3, -0.25) is 0 Å². The van der Waals surface area contributed by atoms with E-state index in [2.05, 4.69) is 4.98 Å². The standard InChI is InChI=1S/C8H4N2O/c9-5-7-8-6(1-3-10-7)2-4-11-8/h1-4H. The van der Waals surface area contributed by atoms with Crippen LogP contribution in [0.4, 0.5) is 0 Å². The average molecular weight is 144 g/mol. The molecule has 0 radical (unpaired) electrons. The molecule has 2 aromatic heterocycles. The highest BCUT2D eigenvalue weighted by Crippen LogP contribution is 2.16. The number of hydrogen-bond acceptors (Lipinski definition) is 3. The summed E-state index contributed by atoms with van der Waals surface area (Å²) in [4.78, 5) is 3.84. The fourth-order valence-electron chi connectivity index (χ4n) is 0.973. The Labute approximate surface area is 62.9 Å². The minimum atomic E-state index is 0.340. The van der Waals surface area contributed by atoms with Crippen LogP contribution < -0.4 is 0 Å². The highest BCUT2D eigenvalue weighted by molar-refractivity contribution is 5.80. The average Bonchev–Trinajstić information content (AvgIpc) is 2.50. The molecule has 2 rings (SSSR count). The van der Waals surface area contributed by atoms with Crippen LogP contribution in [0.1, 0.15) is 5.69 Å². The van der Waals surface area contributed by atoms with Crippen molar-refractivity contribution in [3.05, 3.63) is 30.3 Å². The highest BCUT2D eigenvalue weighted by atomic mass is 16.3. The predicted octanol–water partition coefficient (Wildman–Crippen LogP) is 1.70. The van der Waals surface area contributed by atoms with E-state index >= 15 is 0 Å². The monoisotopic (exact) mass is 144 g/mol. The summed E-state index contributed by atoms with van der Waals surface area (Å²) >= 11 is 0. The molecule has 52 valence electrons. The van der Waals surface area contributed by atoms with E-state index in [1.54, 1.807) is 24.6 Å². The lowest BCUT2D eigenvalue weighted by Gasteiger charge is -1.87. The normalized spacial score (nSPS) is 9.73. The van der Waals surface area contributed by atoms with Crippen LogP contribution in [0.5, 0.6) is 0 Å². The molecule has 0 aliphatic carbocycles. The Morgan fingerprint density at radius 2 is 2.36 bits per heavy atom. The number of nitriles is 1. The van der Waals surface area contributed by atoms with E-state index in [9.17, 15) is 0 Å². The second-order valence-electron chi connectivity index (χ2n) is 2.11. The third kappa shape index (κ3) is 0.767. The van der Waals surface area contributed by atoms with E-state index in [1.165, 1.54) is 0 Å². The lowest BCUT2D eigenvalue weighted by atomic mass is 10.3. The first-order chi connectivity index (χ1) is 5.42. The Morgan fingerprint density at radius 3 is 3.18 bits per heavy atom. The van der Waals surface area contributed by atoms with E-state index in [0.29, 0.717) is 11.3 Å². The summed E-state index contributed by atoms with van der Waals surface area (Å²) in [6.45, 7) is 0. The Hall–Kier alpha value is -1.82. The zero-order valence-electron chi connectivity index (χ0n) is 5.61. The van der Waals surface area contributed by atoms with E-state index < -0.39 is 0 Å². The molecule has 0 saturated carbocycles. The van der Waals surface area contributed by atoms with Gasteiger partial charge in [0.1, 0.15) is 6.07 Å². The summed E-state index contributed by atoms with van der Waals surface area (Å²) in [5.74, 6) is 0. The molecule has 0 unspecified atom stereocenters. The van der Waals surface area contributed by atoms with Crippen molar-refractivity contribution >= 4 is 11.0 Å². The summed E-state index contributed by atoms with van der Waals surface area (Å²) in [6.07, 6.45) is 3.14. The molecule has 0 aromatic carbocycles. The summed E-state index contributed by atoms with van der Waals surface area (Å²) in [5.41, 5.74) is 0.905. The largest absolute Gasteiger partial charge is 0.461 e. The molecule has 0 bridgehead atoms. The molecular formula is C8H4N2O. The molecule has 0 aliphatic rings. The number of nitrogens with zero attached hydrogens (tertiary/aromatic N) is 2. The minimum Gasteiger partial charge on any atom is -0.461 e. The van der Waals surface area contributed by atoms with Gasteiger partial charge >= 0.3 is 0 Å². The molecule has 0 N–H and O–H groups in total. The fraction of sp³-hybridized carbons (Fsp3) is 0. The van der Waals surface area contributed by atoms with Crippen LogP contribution >= 0.6 is 0 Å². The second-order valence-corrected chi connectivity index (χ2v) is 2.11. The first kappa shape index (κ1) is 5.93. The van der Waals surface area contributed by atoms with Crippen LogP contribution in [0.15, 0.2) is 29.0 Å². The third-order valence-corrected chi connectivity index (χ3v) is 1.47. The van der Waals surface area contributed by atoms with Gasteiger partial charge in [-0.15, -0.1) is 0 Å². The maximum absolute atomic E-state index is 8.58. The SMILES string of the molecule is N#Cc1nccc2ccoc12. The van der Waals surface area contributed by atoms with Crippen LogP contribution in [0.3, 0.4) is 0 Å². The van der Waals surface area contributed by atoms with Gasteiger partial charge in [-0.1, -0.05) is 0 Å². The van der Waals surface area contributed by atoms with Gasteiger partial charge in [0, 0.05) is 11.6 Å². The molecule has 3 heteroatoms. The van der Waals surface area contributed by atoms with Crippen LogP contribution in [-0.4, -0.2) is 4.98 Å². The van der Waals surface area contributed by atoms with Gasteiger partial charge in [0.15, 0.2) is 11.3 Å². The first-order valence-corrected chi connectivity index (χ1v) is 3.14. The Morgan fingerprint density at radius 1 is 1.45 bits per heavy atom. The van der Waals surface area contributed by atoms with Gasteiger partial charge in [-0.05, 0) is 12.1 Å². The van der Waals surface area contributed by atoms with E-state index in [-0.39, 0.29) is 0 Å². The lowest BCUT2D eigenvalue weighted by Crippen LogP contribution is -1.79. The van der Waals surface area contributed by atoms with Gasteiger partial charge < -0.3 is 4.42 Å². The Balaban J connectivity index is 2.92. The molecule has 0 atom stereocenters. The molecule has 0 saturated heterocycles. The number of fused-ring (bicyclic) bond motifs is 1. The quantitative estimate of drug-likeness (QED) is 0.565. The number of pyridine rings is 1. The van der Waals surface area contributed by atoms with Crippen LogP contribution in [-0.2, 0) is 0 Å². The number of furan rings is 1. The van der Waals surface area contributed by atoms with Crippen LogP contribution in [0, 0.1) is 11.3 Å². The van der Waals surface area contributed by atoms with Crippen LogP contribution in [0.25, 0.3) is 11.0 Å². The van der Waals surface area contributed by atoms with E-state index in [0.717, 1.165) is 5.39 Å². The molecule has 0 aliphatic heterocycles.